The summed E-state index contributed by atoms with van der Waals surface area (Å²) >= 11 is 0. The van der Waals surface area contributed by atoms with E-state index < -0.39 is 63.1 Å². The van der Waals surface area contributed by atoms with Gasteiger partial charge < -0.3 is 83.8 Å². The summed E-state index contributed by atoms with van der Waals surface area (Å²) in [6, 6.07) is 0. The minimum Gasteiger partial charge on any atom is -0.462 e. The highest BCUT2D eigenvalue weighted by molar-refractivity contribution is 5.79. The lowest BCUT2D eigenvalue weighted by atomic mass is 9.35. The van der Waals surface area contributed by atoms with E-state index in [2.05, 4.69) is 0 Å². The van der Waals surface area contributed by atoms with Crippen LogP contribution in [0, 0.1) is 75.4 Å². The van der Waals surface area contributed by atoms with E-state index in [4.69, 9.17) is 83.8 Å². The lowest BCUT2D eigenvalue weighted by Gasteiger charge is -2.74. The van der Waals surface area contributed by atoms with Crippen molar-refractivity contribution in [3.63, 3.8) is 0 Å². The molecule has 18 heteroatoms. The van der Waals surface area contributed by atoms with Crippen LogP contribution in [0.4, 0.5) is 0 Å². The molecule has 0 radical (unpaired) electrons. The number of rotatable bonds is 6. The van der Waals surface area contributed by atoms with E-state index in [9.17, 15) is 9.59 Å². The molecule has 0 amide bonds. The summed E-state index contributed by atoms with van der Waals surface area (Å²) in [5.41, 5.74) is 43.3. The zero-order chi connectivity index (χ0) is 42.2. The van der Waals surface area contributed by atoms with Crippen molar-refractivity contribution in [1.29, 1.82) is 0 Å². The fourth-order valence-electron chi connectivity index (χ4n) is 17.5. The third-order valence-electron chi connectivity index (χ3n) is 20.4. The van der Waals surface area contributed by atoms with E-state index >= 15 is 0 Å². The van der Waals surface area contributed by atoms with Crippen LogP contribution in [-0.4, -0.2) is 104 Å². The highest BCUT2D eigenvalue weighted by Crippen LogP contribution is 2.88. The maximum Gasteiger partial charge on any atom is 0.312 e. The molecule has 3 heterocycles. The van der Waals surface area contributed by atoms with Gasteiger partial charge in [-0.3, -0.25) is 9.59 Å². The average molecular weight is 855 g/mol. The number of esters is 2. The van der Waals surface area contributed by atoms with E-state index in [-0.39, 0.29) is 98.4 Å². The van der Waals surface area contributed by atoms with E-state index in [1.165, 1.54) is 6.42 Å². The van der Waals surface area contributed by atoms with E-state index in [0.717, 1.165) is 51.4 Å². The minimum atomic E-state index is -1.47. The van der Waals surface area contributed by atoms with Gasteiger partial charge in [0, 0.05) is 35.5 Å². The normalized spacial score (nSPS) is 54.0. The summed E-state index contributed by atoms with van der Waals surface area (Å²) in [7, 11) is 0. The molecule has 15 rings (SSSR count). The molecule has 12 saturated carbocycles. The molecule has 0 aromatic carbocycles. The molecular formula is C43H66N8O10. The van der Waals surface area contributed by atoms with Crippen molar-refractivity contribution in [3.8, 4) is 0 Å². The number of ether oxygens (including phenoxy) is 8. The van der Waals surface area contributed by atoms with Gasteiger partial charge in [-0.1, -0.05) is 0 Å². The Morgan fingerprint density at radius 3 is 1.54 bits per heavy atom. The zero-order valence-electron chi connectivity index (χ0n) is 35.1. The summed E-state index contributed by atoms with van der Waals surface area (Å²) in [6.07, 6.45) is 10.1. The van der Waals surface area contributed by atoms with E-state index in [1.54, 1.807) is 0 Å². The minimum absolute atomic E-state index is 0.00927. The average Bonchev–Trinajstić information content (AvgIpc) is 3.92. The molecule has 15 aliphatic rings. The predicted molar refractivity (Wildman–Crippen MR) is 210 cm³/mol. The van der Waals surface area contributed by atoms with Crippen LogP contribution in [0.5, 0.6) is 0 Å². The van der Waals surface area contributed by atoms with E-state index in [1.807, 2.05) is 0 Å². The Labute approximate surface area is 355 Å². The molecule has 61 heavy (non-hydrogen) atoms. The first-order valence-corrected chi connectivity index (χ1v) is 23.3. The van der Waals surface area contributed by atoms with Crippen LogP contribution in [-0.2, 0) is 47.5 Å². The van der Waals surface area contributed by atoms with Crippen LogP contribution < -0.4 is 45.9 Å². The molecule has 0 aromatic heterocycles. The Morgan fingerprint density at radius 2 is 1.00 bits per heavy atom. The second-order valence-electron chi connectivity index (χ2n) is 23.5. The molecule has 11 unspecified atom stereocenters. The first-order chi connectivity index (χ1) is 28.7. The maximum atomic E-state index is 14.5. The zero-order valence-corrected chi connectivity index (χ0v) is 35.1. The Balaban J connectivity index is 0.713. The van der Waals surface area contributed by atoms with Crippen molar-refractivity contribution < 1.29 is 47.5 Å². The molecule has 338 valence electrons. The van der Waals surface area contributed by atoms with Crippen LogP contribution in [0.1, 0.15) is 83.5 Å². The molecule has 12 aliphatic carbocycles. The van der Waals surface area contributed by atoms with Gasteiger partial charge in [0.2, 0.25) is 0 Å². The van der Waals surface area contributed by atoms with Crippen LogP contribution in [0.3, 0.4) is 0 Å². The molecule has 10 bridgehead atoms. The Bertz CT molecular complexity index is 1880. The maximum absolute atomic E-state index is 14.5. The van der Waals surface area contributed by atoms with Gasteiger partial charge in [-0.15, -0.1) is 0 Å². The fourth-order valence-corrected chi connectivity index (χ4v) is 17.5. The van der Waals surface area contributed by atoms with Gasteiger partial charge in [-0.2, -0.15) is 0 Å². The summed E-state index contributed by atoms with van der Waals surface area (Å²) in [5.74, 6) is -0.498. The van der Waals surface area contributed by atoms with Gasteiger partial charge in [0.25, 0.3) is 0 Å². The summed E-state index contributed by atoms with van der Waals surface area (Å²) < 4.78 is 52.7. The van der Waals surface area contributed by atoms with Gasteiger partial charge >= 0.3 is 11.9 Å². The van der Waals surface area contributed by atoms with Crippen LogP contribution in [0.15, 0.2) is 0 Å². The molecule has 3 saturated heterocycles. The largest absolute Gasteiger partial charge is 0.462 e. The molecule has 0 aromatic rings. The molecular weight excluding hydrogens is 789 g/mol. The SMILES string of the molecule is NC1(N)COC2(OCC1(N)N)C1CC3CC(C(=O)OCC4OC5(OC4COC(=O)C46CC7CC8C9(OCC(N)(N)C(N)(N)CO9)C(C4)C78C6)C4CC6CC(C4)CC5C6)(C1)CC32. The van der Waals surface area contributed by atoms with Crippen molar-refractivity contribution in [3.05, 3.63) is 0 Å². The lowest BCUT2D eigenvalue weighted by Crippen LogP contribution is -2.79. The number of carbonyl (C=O) groups excluding carboxylic acids is 2. The van der Waals surface area contributed by atoms with Crippen molar-refractivity contribution in [2.75, 3.05) is 39.6 Å². The van der Waals surface area contributed by atoms with Gasteiger partial charge in [0.1, 0.15) is 48.1 Å². The topological polar surface area (TPSA) is 316 Å². The molecule has 15 fully saturated rings. The monoisotopic (exact) mass is 854 g/mol. The number of fused-ring (bicyclic) bond motifs is 3. The summed E-state index contributed by atoms with van der Waals surface area (Å²) in [6.45, 7) is -0.130. The quantitative estimate of drug-likeness (QED) is 0.115. The van der Waals surface area contributed by atoms with Gasteiger partial charge in [-0.25, -0.2) is 0 Å². The third kappa shape index (κ3) is 4.76. The van der Waals surface area contributed by atoms with E-state index in [0.29, 0.717) is 43.4 Å². The summed E-state index contributed by atoms with van der Waals surface area (Å²) in [5, 5.41) is 0. The smallest absolute Gasteiger partial charge is 0.312 e. The van der Waals surface area contributed by atoms with Crippen molar-refractivity contribution in [2.24, 2.45) is 121 Å². The number of hydrogen-bond donors (Lipinski definition) is 8. The number of carbonyl (C=O) groups is 2. The van der Waals surface area contributed by atoms with Gasteiger partial charge in [-0.05, 0) is 113 Å². The van der Waals surface area contributed by atoms with Crippen LogP contribution >= 0.6 is 0 Å². The Morgan fingerprint density at radius 1 is 0.492 bits per heavy atom. The highest BCUT2D eigenvalue weighted by atomic mass is 16.8. The van der Waals surface area contributed by atoms with Crippen molar-refractivity contribution in [1.82, 2.24) is 0 Å². The first kappa shape index (κ1) is 39.7. The predicted octanol–water partition coefficient (Wildman–Crippen LogP) is -1.18. The Hall–Kier alpha value is -1.62. The first-order valence-electron chi connectivity index (χ1n) is 23.3. The molecule has 16 N–H and O–H groups in total. The molecule has 18 nitrogen and oxygen atoms in total. The van der Waals surface area contributed by atoms with Gasteiger partial charge in [0.05, 0.1) is 37.3 Å². The molecule has 4 spiro atoms. The fraction of sp³-hybridized carbons (Fsp3) is 0.953. The number of hydrogen-bond acceptors (Lipinski definition) is 18. The van der Waals surface area contributed by atoms with Gasteiger partial charge in [0.15, 0.2) is 17.4 Å². The van der Waals surface area contributed by atoms with Crippen LogP contribution in [0.25, 0.3) is 0 Å². The third-order valence-corrected chi connectivity index (χ3v) is 20.4. The summed E-state index contributed by atoms with van der Waals surface area (Å²) in [4.78, 5) is 28.9. The number of nitrogens with two attached hydrogens (primary N) is 8. The molecule has 11 atom stereocenters. The Kier molecular flexibility index (Phi) is 7.71. The second-order valence-corrected chi connectivity index (χ2v) is 23.5. The van der Waals surface area contributed by atoms with Crippen molar-refractivity contribution in [2.45, 2.75) is 136 Å². The lowest BCUT2D eigenvalue weighted by molar-refractivity contribution is -0.434. The standard InChI is InChI=1S/C43H66N8O10/c44-37(45)16-56-42(57-17-38(37,46)47)26-6-22-8-34(10-26,11-27(22)42)32(52)54-13-28-29(61-41(60-28)23-2-20-1-21(4-23)5-24(41)3-20)14-55-33(53)35-9-25-7-30-36(25,15-35)31(12-35)43(30)58-18-39(48,49)40(50,51)19-59-43/h20-31H,1-19,44-51H2. The second kappa shape index (κ2) is 11.8. The molecule has 3 aliphatic heterocycles. The van der Waals surface area contributed by atoms with Crippen LogP contribution in [0.2, 0.25) is 0 Å². The van der Waals surface area contributed by atoms with Crippen molar-refractivity contribution >= 4 is 11.9 Å². The highest BCUT2D eigenvalue weighted by Gasteiger charge is 2.89.